The molecule has 0 aliphatic carbocycles. The summed E-state index contributed by atoms with van der Waals surface area (Å²) in [4.78, 5) is 0. The molecule has 1 unspecified atom stereocenters. The molecule has 98 valence electrons. The number of nitrogens with two attached hydrogens (primary N) is 1. The van der Waals surface area contributed by atoms with E-state index in [1.165, 1.54) is 0 Å². The molecule has 7 heteroatoms. The first kappa shape index (κ1) is 15.9. The summed E-state index contributed by atoms with van der Waals surface area (Å²) >= 11 is 0. The Labute approximate surface area is 98.2 Å². The van der Waals surface area contributed by atoms with Crippen LogP contribution in [0.2, 0.25) is 0 Å². The first-order chi connectivity index (χ1) is 7.07. The zero-order valence-corrected chi connectivity index (χ0v) is 11.6. The van der Waals surface area contributed by atoms with E-state index in [0.717, 1.165) is 0 Å². The zero-order chi connectivity index (χ0) is 13.0. The lowest BCUT2D eigenvalue weighted by Gasteiger charge is -2.09. The van der Waals surface area contributed by atoms with Crippen LogP contribution in [-0.4, -0.2) is 45.4 Å². The highest BCUT2D eigenvalue weighted by molar-refractivity contribution is 7.95. The lowest BCUT2D eigenvalue weighted by molar-refractivity contribution is 0.579. The Balaban J connectivity index is 4.31. The van der Waals surface area contributed by atoms with Crippen LogP contribution >= 0.6 is 0 Å². The normalized spacial score (nSPS) is 15.3. The van der Waals surface area contributed by atoms with Crippen molar-refractivity contribution in [3.05, 3.63) is 0 Å². The summed E-state index contributed by atoms with van der Waals surface area (Å²) in [7, 11) is -6.58. The quantitative estimate of drug-likeness (QED) is 0.701. The maximum atomic E-state index is 11.5. The van der Waals surface area contributed by atoms with Gasteiger partial charge in [0.15, 0.2) is 19.7 Å². The van der Waals surface area contributed by atoms with Crippen LogP contribution < -0.4 is 5.73 Å². The van der Waals surface area contributed by atoms with E-state index in [1.807, 2.05) is 0 Å². The number of hydrogen-bond donors (Lipinski definition) is 1. The van der Waals surface area contributed by atoms with Gasteiger partial charge in [-0.05, 0) is 27.2 Å². The van der Waals surface area contributed by atoms with Crippen molar-refractivity contribution in [3.8, 4) is 0 Å². The van der Waals surface area contributed by atoms with Crippen LogP contribution in [0.25, 0.3) is 0 Å². The molecular formula is C9H21NO4S2. The second-order valence-corrected chi connectivity index (χ2v) is 9.31. The molecule has 0 aromatic heterocycles. The van der Waals surface area contributed by atoms with Crippen molar-refractivity contribution >= 4 is 19.7 Å². The van der Waals surface area contributed by atoms with Gasteiger partial charge in [-0.1, -0.05) is 0 Å². The Morgan fingerprint density at radius 3 is 1.81 bits per heavy atom. The third-order valence-electron chi connectivity index (χ3n) is 2.28. The topological polar surface area (TPSA) is 94.3 Å². The molecule has 0 bridgehead atoms. The molecule has 0 amide bonds. The number of rotatable bonds is 7. The molecule has 0 aliphatic heterocycles. The van der Waals surface area contributed by atoms with E-state index < -0.39 is 24.9 Å². The van der Waals surface area contributed by atoms with Gasteiger partial charge in [0.2, 0.25) is 0 Å². The minimum Gasteiger partial charge on any atom is -0.328 e. The Morgan fingerprint density at radius 2 is 1.44 bits per heavy atom. The standard InChI is InChI=1S/C9H21NO4S2/c1-8(2)16(13,14)7-6-15(11,12)5-4-9(3)10/h8-9H,4-7,10H2,1-3H3. The summed E-state index contributed by atoms with van der Waals surface area (Å²) in [6, 6.07) is -0.184. The van der Waals surface area contributed by atoms with Crippen LogP contribution in [0.15, 0.2) is 0 Å². The highest BCUT2D eigenvalue weighted by atomic mass is 32.2. The van der Waals surface area contributed by atoms with E-state index in [2.05, 4.69) is 0 Å². The largest absolute Gasteiger partial charge is 0.328 e. The van der Waals surface area contributed by atoms with Crippen LogP contribution in [0.4, 0.5) is 0 Å². The molecule has 1 atom stereocenters. The van der Waals surface area contributed by atoms with Gasteiger partial charge < -0.3 is 5.73 Å². The highest BCUT2D eigenvalue weighted by Crippen LogP contribution is 2.04. The predicted molar refractivity (Wildman–Crippen MR) is 65.8 cm³/mol. The van der Waals surface area contributed by atoms with Crippen molar-refractivity contribution in [3.63, 3.8) is 0 Å². The highest BCUT2D eigenvalue weighted by Gasteiger charge is 2.20. The summed E-state index contributed by atoms with van der Waals surface area (Å²) in [6.45, 7) is 4.81. The van der Waals surface area contributed by atoms with Gasteiger partial charge in [0.1, 0.15) is 0 Å². The molecule has 0 spiro atoms. The van der Waals surface area contributed by atoms with E-state index >= 15 is 0 Å². The van der Waals surface area contributed by atoms with Crippen LogP contribution in [0, 0.1) is 0 Å². The summed E-state index contributed by atoms with van der Waals surface area (Å²) < 4.78 is 45.8. The van der Waals surface area contributed by atoms with E-state index in [9.17, 15) is 16.8 Å². The lowest BCUT2D eigenvalue weighted by atomic mass is 10.3. The van der Waals surface area contributed by atoms with Crippen LogP contribution in [0.1, 0.15) is 27.2 Å². The van der Waals surface area contributed by atoms with Crippen molar-refractivity contribution in [1.29, 1.82) is 0 Å². The Morgan fingerprint density at radius 1 is 0.938 bits per heavy atom. The SMILES string of the molecule is CC(N)CCS(=O)(=O)CCS(=O)(=O)C(C)C. The van der Waals surface area contributed by atoms with Crippen LogP contribution in [0.3, 0.4) is 0 Å². The molecule has 0 saturated heterocycles. The van der Waals surface area contributed by atoms with E-state index in [1.54, 1.807) is 20.8 Å². The summed E-state index contributed by atoms with van der Waals surface area (Å²) in [5.74, 6) is -0.648. The first-order valence-electron chi connectivity index (χ1n) is 5.24. The van der Waals surface area contributed by atoms with Gasteiger partial charge in [-0.2, -0.15) is 0 Å². The predicted octanol–water partition coefficient (Wildman–Crippen LogP) is -0.0383. The van der Waals surface area contributed by atoms with Crippen molar-refractivity contribution in [2.75, 3.05) is 17.3 Å². The molecule has 16 heavy (non-hydrogen) atoms. The summed E-state index contributed by atoms with van der Waals surface area (Å²) in [5.41, 5.74) is 5.45. The fourth-order valence-corrected chi connectivity index (χ4v) is 4.30. The Hall–Kier alpha value is -0.140. The van der Waals surface area contributed by atoms with E-state index in [4.69, 9.17) is 5.73 Å². The Kier molecular flexibility index (Phi) is 5.92. The minimum atomic E-state index is -3.30. The van der Waals surface area contributed by atoms with Gasteiger partial charge in [-0.15, -0.1) is 0 Å². The monoisotopic (exact) mass is 271 g/mol. The molecule has 0 aliphatic rings. The average molecular weight is 271 g/mol. The van der Waals surface area contributed by atoms with Crippen molar-refractivity contribution in [1.82, 2.24) is 0 Å². The Bertz CT molecular complexity index is 395. The minimum absolute atomic E-state index is 0.0434. The lowest BCUT2D eigenvalue weighted by Crippen LogP contribution is -2.27. The second kappa shape index (κ2) is 5.97. The van der Waals surface area contributed by atoms with E-state index in [0.29, 0.717) is 6.42 Å². The molecule has 0 aromatic rings. The second-order valence-electron chi connectivity index (χ2n) is 4.33. The third-order valence-corrected chi connectivity index (χ3v) is 6.43. The van der Waals surface area contributed by atoms with Gasteiger partial charge in [-0.3, -0.25) is 0 Å². The van der Waals surface area contributed by atoms with E-state index in [-0.39, 0.29) is 23.3 Å². The molecule has 0 fully saturated rings. The fraction of sp³-hybridized carbons (Fsp3) is 1.00. The van der Waals surface area contributed by atoms with Crippen molar-refractivity contribution in [2.45, 2.75) is 38.5 Å². The summed E-state index contributed by atoms with van der Waals surface area (Å²) in [6.07, 6.45) is 0.365. The summed E-state index contributed by atoms with van der Waals surface area (Å²) in [5, 5.41) is -0.531. The van der Waals surface area contributed by atoms with Crippen LogP contribution in [0.5, 0.6) is 0 Å². The molecule has 0 radical (unpaired) electrons. The number of hydrogen-bond acceptors (Lipinski definition) is 5. The average Bonchev–Trinajstić information content (AvgIpc) is 2.12. The first-order valence-corrected chi connectivity index (χ1v) is 8.78. The van der Waals surface area contributed by atoms with Gasteiger partial charge in [0, 0.05) is 6.04 Å². The molecule has 0 aromatic carbocycles. The van der Waals surface area contributed by atoms with Crippen molar-refractivity contribution in [2.24, 2.45) is 5.73 Å². The fourth-order valence-electron chi connectivity index (χ4n) is 0.946. The van der Waals surface area contributed by atoms with Gasteiger partial charge in [0.05, 0.1) is 22.5 Å². The third kappa shape index (κ3) is 6.44. The molecule has 0 rings (SSSR count). The number of sulfone groups is 2. The molecule has 5 nitrogen and oxygen atoms in total. The van der Waals surface area contributed by atoms with Crippen LogP contribution in [-0.2, 0) is 19.7 Å². The molecule has 0 heterocycles. The molecule has 2 N–H and O–H groups in total. The van der Waals surface area contributed by atoms with Crippen molar-refractivity contribution < 1.29 is 16.8 Å². The molecular weight excluding hydrogens is 250 g/mol. The van der Waals surface area contributed by atoms with Gasteiger partial charge in [-0.25, -0.2) is 16.8 Å². The molecule has 0 saturated carbocycles. The maximum absolute atomic E-state index is 11.5. The van der Waals surface area contributed by atoms with Gasteiger partial charge in [0.25, 0.3) is 0 Å². The maximum Gasteiger partial charge on any atom is 0.153 e. The zero-order valence-electron chi connectivity index (χ0n) is 10.0. The smallest absolute Gasteiger partial charge is 0.153 e. The van der Waals surface area contributed by atoms with Gasteiger partial charge >= 0.3 is 0 Å².